The Bertz CT molecular complexity index is 493. The third kappa shape index (κ3) is 3.62. The Balaban J connectivity index is 2.43. The van der Waals surface area contributed by atoms with Crippen LogP contribution in [0.1, 0.15) is 0 Å². The van der Waals surface area contributed by atoms with Crippen molar-refractivity contribution < 1.29 is 9.47 Å². The molecule has 0 fully saturated rings. The second-order valence-electron chi connectivity index (χ2n) is 4.42. The van der Waals surface area contributed by atoms with Gasteiger partial charge in [-0.25, -0.2) is 0 Å². The second kappa shape index (κ2) is 7.25. The number of halogens is 2. The standard InChI is InChI=1S/C15H16Cl2O2Si/c1-18-15(19-2)20(13-7-3-11(16)4-8-13)14-9-5-12(17)6-10-14/h3-10,15,20H,1-2H3. The number of hydrogen-bond acceptors (Lipinski definition) is 2. The average molecular weight is 327 g/mol. The lowest BCUT2D eigenvalue weighted by atomic mass is 10.4. The Morgan fingerprint density at radius 1 is 0.750 bits per heavy atom. The van der Waals surface area contributed by atoms with Crippen molar-refractivity contribution in [3.05, 3.63) is 58.6 Å². The summed E-state index contributed by atoms with van der Waals surface area (Å²) in [6.45, 7) is 0. The third-order valence-electron chi connectivity index (χ3n) is 3.20. The summed E-state index contributed by atoms with van der Waals surface area (Å²) >= 11 is 11.9. The monoisotopic (exact) mass is 326 g/mol. The molecular formula is C15H16Cl2O2Si. The summed E-state index contributed by atoms with van der Waals surface area (Å²) in [4.78, 5) is 0. The molecule has 0 aliphatic heterocycles. The molecule has 0 bridgehead atoms. The topological polar surface area (TPSA) is 18.5 Å². The van der Waals surface area contributed by atoms with Crippen LogP contribution in [0.3, 0.4) is 0 Å². The number of rotatable bonds is 5. The zero-order valence-electron chi connectivity index (χ0n) is 11.3. The molecule has 2 rings (SSSR count). The van der Waals surface area contributed by atoms with E-state index in [2.05, 4.69) is 0 Å². The van der Waals surface area contributed by atoms with Crippen LogP contribution in [0.25, 0.3) is 0 Å². The van der Waals surface area contributed by atoms with Gasteiger partial charge in [-0.3, -0.25) is 0 Å². The van der Waals surface area contributed by atoms with E-state index >= 15 is 0 Å². The summed E-state index contributed by atoms with van der Waals surface area (Å²) in [5.41, 5.74) is 0. The zero-order valence-corrected chi connectivity index (χ0v) is 14.0. The average Bonchev–Trinajstić information content (AvgIpc) is 2.47. The van der Waals surface area contributed by atoms with E-state index in [-0.39, 0.29) is 5.91 Å². The van der Waals surface area contributed by atoms with Crippen molar-refractivity contribution in [3.8, 4) is 0 Å². The largest absolute Gasteiger partial charge is 0.359 e. The van der Waals surface area contributed by atoms with Crippen LogP contribution in [-0.4, -0.2) is 28.9 Å². The minimum Gasteiger partial charge on any atom is -0.359 e. The van der Waals surface area contributed by atoms with Gasteiger partial charge >= 0.3 is 0 Å². The van der Waals surface area contributed by atoms with Crippen molar-refractivity contribution in [2.75, 3.05) is 14.2 Å². The van der Waals surface area contributed by atoms with Gasteiger partial charge in [-0.15, -0.1) is 0 Å². The predicted molar refractivity (Wildman–Crippen MR) is 87.1 cm³/mol. The molecule has 0 amide bonds. The van der Waals surface area contributed by atoms with Crippen molar-refractivity contribution in [3.63, 3.8) is 0 Å². The van der Waals surface area contributed by atoms with Gasteiger partial charge in [0.05, 0.1) is 0 Å². The highest BCUT2D eigenvalue weighted by molar-refractivity contribution is 6.85. The summed E-state index contributed by atoms with van der Waals surface area (Å²) in [6.07, 6.45) is 0. The van der Waals surface area contributed by atoms with E-state index in [1.54, 1.807) is 14.2 Å². The van der Waals surface area contributed by atoms with Gasteiger partial charge < -0.3 is 9.47 Å². The minimum atomic E-state index is -1.67. The lowest BCUT2D eigenvalue weighted by molar-refractivity contribution is -0.0448. The van der Waals surface area contributed by atoms with E-state index in [0.29, 0.717) is 0 Å². The summed E-state index contributed by atoms with van der Waals surface area (Å²) in [5.74, 6) is -0.239. The predicted octanol–water partition coefficient (Wildman–Crippen LogP) is 2.49. The van der Waals surface area contributed by atoms with Gasteiger partial charge in [-0.2, -0.15) is 0 Å². The Morgan fingerprint density at radius 2 is 1.10 bits per heavy atom. The molecule has 5 heteroatoms. The Hall–Kier alpha value is -0.843. The van der Waals surface area contributed by atoms with Crippen LogP contribution in [-0.2, 0) is 9.47 Å². The van der Waals surface area contributed by atoms with Crippen LogP contribution >= 0.6 is 23.2 Å². The van der Waals surface area contributed by atoms with E-state index in [9.17, 15) is 0 Å². The Morgan fingerprint density at radius 3 is 1.40 bits per heavy atom. The molecule has 0 saturated heterocycles. The maximum absolute atomic E-state index is 5.97. The van der Waals surface area contributed by atoms with Crippen LogP contribution in [0, 0.1) is 0 Å². The molecule has 2 nitrogen and oxygen atoms in total. The van der Waals surface area contributed by atoms with Crippen LogP contribution in [0.5, 0.6) is 0 Å². The maximum Gasteiger partial charge on any atom is 0.167 e. The fourth-order valence-corrected chi connectivity index (χ4v) is 5.24. The first-order valence-electron chi connectivity index (χ1n) is 6.22. The second-order valence-corrected chi connectivity index (χ2v) is 8.13. The number of benzene rings is 2. The quantitative estimate of drug-likeness (QED) is 0.621. The van der Waals surface area contributed by atoms with Crippen LogP contribution in [0.2, 0.25) is 10.0 Å². The molecule has 0 spiro atoms. The van der Waals surface area contributed by atoms with E-state index in [0.717, 1.165) is 10.0 Å². The van der Waals surface area contributed by atoms with E-state index < -0.39 is 8.80 Å². The summed E-state index contributed by atoms with van der Waals surface area (Å²) in [5, 5.41) is 3.88. The van der Waals surface area contributed by atoms with Gasteiger partial charge in [0.2, 0.25) is 0 Å². The minimum absolute atomic E-state index is 0.239. The third-order valence-corrected chi connectivity index (χ3v) is 6.99. The lowest BCUT2D eigenvalue weighted by Gasteiger charge is -2.24. The summed E-state index contributed by atoms with van der Waals surface area (Å²) in [7, 11) is 1.67. The molecule has 2 aromatic rings. The Labute approximate surface area is 130 Å². The normalized spacial score (nSPS) is 11.3. The van der Waals surface area contributed by atoms with Gasteiger partial charge in [-0.1, -0.05) is 57.8 Å². The van der Waals surface area contributed by atoms with Crippen molar-refractivity contribution in [1.29, 1.82) is 0 Å². The fourth-order valence-electron chi connectivity index (χ4n) is 2.22. The molecule has 0 aliphatic rings. The number of ether oxygens (including phenoxy) is 2. The molecular weight excluding hydrogens is 311 g/mol. The van der Waals surface area contributed by atoms with Crippen molar-refractivity contribution in [2.24, 2.45) is 0 Å². The van der Waals surface area contributed by atoms with Crippen molar-refractivity contribution in [2.45, 2.75) is 5.91 Å². The molecule has 0 radical (unpaired) electrons. The van der Waals surface area contributed by atoms with E-state index in [4.69, 9.17) is 32.7 Å². The smallest absolute Gasteiger partial charge is 0.167 e. The van der Waals surface area contributed by atoms with Gasteiger partial charge in [-0.05, 0) is 24.3 Å². The molecule has 0 heterocycles. The first-order chi connectivity index (χ1) is 9.65. The zero-order chi connectivity index (χ0) is 14.5. The molecule has 0 N–H and O–H groups in total. The molecule has 2 aromatic carbocycles. The Kier molecular flexibility index (Phi) is 5.63. The molecule has 0 unspecified atom stereocenters. The maximum atomic E-state index is 5.97. The first-order valence-corrected chi connectivity index (χ1v) is 8.80. The van der Waals surface area contributed by atoms with Crippen LogP contribution in [0.4, 0.5) is 0 Å². The molecule has 0 saturated carbocycles. The van der Waals surface area contributed by atoms with Crippen LogP contribution < -0.4 is 10.4 Å². The van der Waals surface area contributed by atoms with Gasteiger partial charge in [0.1, 0.15) is 5.91 Å². The highest BCUT2D eigenvalue weighted by Crippen LogP contribution is 2.09. The van der Waals surface area contributed by atoms with Gasteiger partial charge in [0.15, 0.2) is 8.80 Å². The molecule has 0 aromatic heterocycles. The highest BCUT2D eigenvalue weighted by atomic mass is 35.5. The number of methoxy groups -OCH3 is 2. The van der Waals surface area contributed by atoms with Crippen molar-refractivity contribution >= 4 is 42.4 Å². The number of hydrogen-bond donors (Lipinski definition) is 0. The molecule has 106 valence electrons. The first kappa shape index (κ1) is 15.5. The summed E-state index contributed by atoms with van der Waals surface area (Å²) in [6, 6.07) is 15.8. The fraction of sp³-hybridized carbons (Fsp3) is 0.200. The van der Waals surface area contributed by atoms with Gasteiger partial charge in [0, 0.05) is 24.3 Å². The van der Waals surface area contributed by atoms with E-state index in [1.165, 1.54) is 10.4 Å². The molecule has 20 heavy (non-hydrogen) atoms. The molecule has 0 atom stereocenters. The molecule has 0 aliphatic carbocycles. The van der Waals surface area contributed by atoms with E-state index in [1.807, 2.05) is 48.5 Å². The van der Waals surface area contributed by atoms with Crippen molar-refractivity contribution in [1.82, 2.24) is 0 Å². The van der Waals surface area contributed by atoms with Gasteiger partial charge in [0.25, 0.3) is 0 Å². The SMILES string of the molecule is COC(OC)[SiH](c1ccc(Cl)cc1)c1ccc(Cl)cc1. The highest BCUT2D eigenvalue weighted by Gasteiger charge is 2.27. The lowest BCUT2D eigenvalue weighted by Crippen LogP contribution is -2.53. The van der Waals surface area contributed by atoms with Crippen LogP contribution in [0.15, 0.2) is 48.5 Å². The summed E-state index contributed by atoms with van der Waals surface area (Å²) < 4.78 is 11.0.